The molecule has 1 N–H and O–H groups in total. The van der Waals surface area contributed by atoms with Crippen molar-refractivity contribution in [3.8, 4) is 0 Å². The number of fused-ring (bicyclic) bond motifs is 2. The Hall–Kier alpha value is -2.17. The van der Waals surface area contributed by atoms with Gasteiger partial charge < -0.3 is 5.32 Å². The summed E-state index contributed by atoms with van der Waals surface area (Å²) in [6.45, 7) is 5.69. The Morgan fingerprint density at radius 2 is 2.00 bits per heavy atom. The normalized spacial score (nSPS) is 19.2. The monoisotopic (exact) mass is 286 g/mol. The van der Waals surface area contributed by atoms with Crippen molar-refractivity contribution in [3.63, 3.8) is 0 Å². The molecule has 3 rings (SSSR count). The second-order valence-corrected chi connectivity index (χ2v) is 6.05. The fourth-order valence-electron chi connectivity index (χ4n) is 3.59. The van der Waals surface area contributed by atoms with Crippen LogP contribution in [0.4, 0.5) is 11.4 Å². The highest BCUT2D eigenvalue weighted by molar-refractivity contribution is 6.09. The van der Waals surface area contributed by atoms with E-state index in [0.29, 0.717) is 5.56 Å². The fourth-order valence-corrected chi connectivity index (χ4v) is 3.59. The van der Waals surface area contributed by atoms with E-state index in [2.05, 4.69) is 11.9 Å². The summed E-state index contributed by atoms with van der Waals surface area (Å²) < 4.78 is 0. The van der Waals surface area contributed by atoms with Gasteiger partial charge in [0.05, 0.1) is 16.0 Å². The minimum Gasteiger partial charge on any atom is -0.324 e. The van der Waals surface area contributed by atoms with E-state index in [1.807, 2.05) is 0 Å². The lowest BCUT2D eigenvalue weighted by Crippen LogP contribution is -2.36. The van der Waals surface area contributed by atoms with Crippen molar-refractivity contribution < 1.29 is 9.72 Å². The van der Waals surface area contributed by atoms with E-state index in [4.69, 9.17) is 0 Å². The molecule has 1 aromatic carbocycles. The SMILES string of the molecule is C=C(C)c1cc([N+](=O)[O-])cc2c1NC(=O)C21CCCCC1. The largest absolute Gasteiger partial charge is 0.324 e. The van der Waals surface area contributed by atoms with Crippen LogP contribution in [0, 0.1) is 10.1 Å². The molecule has 5 heteroatoms. The molecule has 5 nitrogen and oxygen atoms in total. The molecule has 1 saturated carbocycles. The zero-order chi connectivity index (χ0) is 15.2. The molecule has 0 radical (unpaired) electrons. The lowest BCUT2D eigenvalue weighted by molar-refractivity contribution is -0.384. The molecule has 1 aliphatic heterocycles. The maximum Gasteiger partial charge on any atom is 0.270 e. The number of hydrogen-bond acceptors (Lipinski definition) is 3. The molecule has 2 aliphatic rings. The molecule has 0 saturated heterocycles. The Morgan fingerprint density at radius 3 is 2.57 bits per heavy atom. The van der Waals surface area contributed by atoms with E-state index in [9.17, 15) is 14.9 Å². The van der Waals surface area contributed by atoms with Gasteiger partial charge in [-0.3, -0.25) is 14.9 Å². The summed E-state index contributed by atoms with van der Waals surface area (Å²) in [5.74, 6) is -0.0137. The van der Waals surface area contributed by atoms with Crippen LogP contribution in [0.15, 0.2) is 18.7 Å². The van der Waals surface area contributed by atoms with Crippen LogP contribution in [0.3, 0.4) is 0 Å². The number of carbonyl (C=O) groups excluding carboxylic acids is 1. The summed E-state index contributed by atoms with van der Waals surface area (Å²) in [5, 5.41) is 14.2. The van der Waals surface area contributed by atoms with Gasteiger partial charge >= 0.3 is 0 Å². The van der Waals surface area contributed by atoms with Gasteiger partial charge in [-0.2, -0.15) is 0 Å². The van der Waals surface area contributed by atoms with Crippen LogP contribution >= 0.6 is 0 Å². The number of rotatable bonds is 2. The number of allylic oxidation sites excluding steroid dienone is 1. The van der Waals surface area contributed by atoms with Crippen molar-refractivity contribution in [1.29, 1.82) is 0 Å². The van der Waals surface area contributed by atoms with E-state index in [-0.39, 0.29) is 11.6 Å². The summed E-state index contributed by atoms with van der Waals surface area (Å²) in [6, 6.07) is 3.08. The maximum absolute atomic E-state index is 12.6. The van der Waals surface area contributed by atoms with Crippen molar-refractivity contribution in [2.75, 3.05) is 5.32 Å². The van der Waals surface area contributed by atoms with Crippen molar-refractivity contribution in [2.24, 2.45) is 0 Å². The summed E-state index contributed by atoms with van der Waals surface area (Å²) >= 11 is 0. The van der Waals surface area contributed by atoms with Gasteiger partial charge in [0.25, 0.3) is 5.69 Å². The topological polar surface area (TPSA) is 72.2 Å². The van der Waals surface area contributed by atoms with Crippen LogP contribution in [0.5, 0.6) is 0 Å². The minimum atomic E-state index is -0.580. The first-order valence-electron chi connectivity index (χ1n) is 7.26. The van der Waals surface area contributed by atoms with Crippen molar-refractivity contribution in [1.82, 2.24) is 0 Å². The molecular weight excluding hydrogens is 268 g/mol. The molecular formula is C16H18N2O3. The summed E-state index contributed by atoms with van der Waals surface area (Å²) in [4.78, 5) is 23.4. The van der Waals surface area contributed by atoms with E-state index in [1.165, 1.54) is 6.07 Å². The number of nitrogens with one attached hydrogen (secondary N) is 1. The molecule has 0 atom stereocenters. The van der Waals surface area contributed by atoms with Crippen LogP contribution in [0.1, 0.15) is 50.2 Å². The highest BCUT2D eigenvalue weighted by Gasteiger charge is 2.48. The zero-order valence-electron chi connectivity index (χ0n) is 12.1. The average Bonchev–Trinajstić information content (AvgIpc) is 2.71. The van der Waals surface area contributed by atoms with Gasteiger partial charge in [-0.25, -0.2) is 0 Å². The molecule has 1 aromatic rings. The number of anilines is 1. The Kier molecular flexibility index (Phi) is 3.08. The van der Waals surface area contributed by atoms with Gasteiger partial charge in [-0.1, -0.05) is 25.8 Å². The standard InChI is InChI=1S/C16H18N2O3/c1-10(2)12-8-11(18(20)21)9-13-14(12)17-15(19)16(13)6-4-3-5-7-16/h8-9H,1,3-7H2,2H3,(H,17,19). The first kappa shape index (κ1) is 13.8. The Bertz CT molecular complexity index is 658. The molecule has 0 bridgehead atoms. The fraction of sp³-hybridized carbons (Fsp3) is 0.438. The van der Waals surface area contributed by atoms with Crippen LogP contribution in [0.25, 0.3) is 5.57 Å². The van der Waals surface area contributed by atoms with Gasteiger partial charge in [0, 0.05) is 17.7 Å². The number of benzene rings is 1. The third-order valence-electron chi connectivity index (χ3n) is 4.69. The van der Waals surface area contributed by atoms with Gasteiger partial charge in [0.1, 0.15) is 0 Å². The molecule has 1 aliphatic carbocycles. The third-order valence-corrected chi connectivity index (χ3v) is 4.69. The number of carbonyl (C=O) groups is 1. The molecule has 0 aromatic heterocycles. The molecule has 0 unspecified atom stereocenters. The Morgan fingerprint density at radius 1 is 1.33 bits per heavy atom. The molecule has 1 spiro atoms. The summed E-state index contributed by atoms with van der Waals surface area (Å²) in [5.41, 5.74) is 2.37. The molecule has 1 amide bonds. The first-order valence-corrected chi connectivity index (χ1v) is 7.26. The van der Waals surface area contributed by atoms with Gasteiger partial charge in [0.15, 0.2) is 0 Å². The van der Waals surface area contributed by atoms with E-state index >= 15 is 0 Å². The lowest BCUT2D eigenvalue weighted by Gasteiger charge is -2.31. The molecule has 1 fully saturated rings. The predicted octanol–water partition coefficient (Wildman–Crippen LogP) is 3.78. The highest BCUT2D eigenvalue weighted by Crippen LogP contribution is 2.50. The first-order chi connectivity index (χ1) is 9.95. The Labute approximate surface area is 123 Å². The highest BCUT2D eigenvalue weighted by atomic mass is 16.6. The lowest BCUT2D eigenvalue weighted by atomic mass is 9.70. The quantitative estimate of drug-likeness (QED) is 0.664. The van der Waals surface area contributed by atoms with Crippen LogP contribution in [0.2, 0.25) is 0 Å². The number of amides is 1. The average molecular weight is 286 g/mol. The van der Waals surface area contributed by atoms with Crippen LogP contribution in [-0.4, -0.2) is 10.8 Å². The van der Waals surface area contributed by atoms with Crippen molar-refractivity contribution in [2.45, 2.75) is 44.4 Å². The second-order valence-electron chi connectivity index (χ2n) is 6.05. The number of nitrogens with zero attached hydrogens (tertiary/aromatic N) is 1. The predicted molar refractivity (Wildman–Crippen MR) is 81.2 cm³/mol. The summed E-state index contributed by atoms with van der Waals surface area (Å²) in [7, 11) is 0. The van der Waals surface area contributed by atoms with E-state index in [0.717, 1.165) is 48.9 Å². The van der Waals surface area contributed by atoms with Gasteiger partial charge in [0.2, 0.25) is 5.91 Å². The number of non-ortho nitro benzene ring substituents is 1. The van der Waals surface area contributed by atoms with Crippen LogP contribution < -0.4 is 5.32 Å². The second kappa shape index (κ2) is 4.69. The van der Waals surface area contributed by atoms with Crippen molar-refractivity contribution in [3.05, 3.63) is 40.0 Å². The van der Waals surface area contributed by atoms with Crippen molar-refractivity contribution >= 4 is 22.9 Å². The maximum atomic E-state index is 12.6. The zero-order valence-corrected chi connectivity index (χ0v) is 12.1. The summed E-state index contributed by atoms with van der Waals surface area (Å²) in [6.07, 6.45) is 4.62. The molecule has 21 heavy (non-hydrogen) atoms. The smallest absolute Gasteiger partial charge is 0.270 e. The van der Waals surface area contributed by atoms with Gasteiger partial charge in [-0.15, -0.1) is 0 Å². The van der Waals surface area contributed by atoms with Crippen LogP contribution in [-0.2, 0) is 10.2 Å². The van der Waals surface area contributed by atoms with E-state index < -0.39 is 10.3 Å². The third kappa shape index (κ3) is 1.95. The molecule has 1 heterocycles. The number of nitro groups is 1. The van der Waals surface area contributed by atoms with E-state index in [1.54, 1.807) is 13.0 Å². The van der Waals surface area contributed by atoms with Gasteiger partial charge in [-0.05, 0) is 30.9 Å². The molecule has 110 valence electrons. The minimum absolute atomic E-state index is 0.0137. The Balaban J connectivity index is 2.24. The number of hydrogen-bond donors (Lipinski definition) is 1. The number of nitro benzene ring substituents is 1.